The zero-order valence-electron chi connectivity index (χ0n) is 12.2. The van der Waals surface area contributed by atoms with Crippen molar-refractivity contribution in [1.29, 1.82) is 0 Å². The van der Waals surface area contributed by atoms with Crippen molar-refractivity contribution < 1.29 is 13.9 Å². The minimum atomic E-state index is -0.489. The number of hydrogen-bond acceptors (Lipinski definition) is 6. The number of rotatable bonds is 2. The van der Waals surface area contributed by atoms with Crippen molar-refractivity contribution in [3.05, 3.63) is 29.0 Å². The maximum atomic E-state index is 11.9. The van der Waals surface area contributed by atoms with Gasteiger partial charge < -0.3 is 9.15 Å². The molecule has 0 radical (unpaired) electrons. The van der Waals surface area contributed by atoms with E-state index in [1.165, 1.54) is 16.5 Å². The Morgan fingerprint density at radius 2 is 2.10 bits per heavy atom. The van der Waals surface area contributed by atoms with Gasteiger partial charge in [-0.1, -0.05) is 20.8 Å². The molecule has 21 heavy (non-hydrogen) atoms. The molecule has 0 aromatic carbocycles. The van der Waals surface area contributed by atoms with Gasteiger partial charge in [0.15, 0.2) is 0 Å². The fraction of sp³-hybridized carbons (Fsp3) is 0.333. The van der Waals surface area contributed by atoms with Gasteiger partial charge in [-0.3, -0.25) is 0 Å². The number of hydrogen-bond donors (Lipinski definition) is 0. The highest BCUT2D eigenvalue weighted by Crippen LogP contribution is 2.38. The number of oxazole rings is 1. The van der Waals surface area contributed by atoms with Crippen molar-refractivity contribution in [3.63, 3.8) is 0 Å². The maximum absolute atomic E-state index is 11.9. The molecule has 4 nitrogen and oxygen atoms in total. The first kappa shape index (κ1) is 14.3. The van der Waals surface area contributed by atoms with Gasteiger partial charge in [0.1, 0.15) is 5.69 Å². The molecule has 0 bridgehead atoms. The summed E-state index contributed by atoms with van der Waals surface area (Å²) in [5.74, 6) is 0.183. The molecule has 0 fully saturated rings. The van der Waals surface area contributed by atoms with Gasteiger partial charge in [-0.15, -0.1) is 22.7 Å². The molecule has 0 unspecified atom stereocenters. The van der Waals surface area contributed by atoms with E-state index in [1.54, 1.807) is 22.7 Å². The monoisotopic (exact) mass is 321 g/mol. The first-order valence-corrected chi connectivity index (χ1v) is 8.17. The minimum absolute atomic E-state index is 0.191. The van der Waals surface area contributed by atoms with Crippen LogP contribution in [0.15, 0.2) is 21.9 Å². The summed E-state index contributed by atoms with van der Waals surface area (Å²) in [6.45, 7) is 5.98. The first-order valence-electron chi connectivity index (χ1n) is 6.47. The highest BCUT2D eigenvalue weighted by molar-refractivity contribution is 7.28. The van der Waals surface area contributed by atoms with Crippen molar-refractivity contribution in [2.75, 3.05) is 7.11 Å². The molecule has 0 spiro atoms. The number of ether oxygens (including phenoxy) is 1. The number of nitrogens with zero attached hydrogens (tertiary/aromatic N) is 1. The number of esters is 1. The standard InChI is InChI=1S/C15H15NO3S2/c1-15(2,3)12-11(14(17)18-4)19-13(16-12)10-7-9-8(21-10)5-6-20-9/h5-7H,1-4H3. The summed E-state index contributed by atoms with van der Waals surface area (Å²) in [7, 11) is 1.35. The Labute approximate surface area is 130 Å². The van der Waals surface area contributed by atoms with Gasteiger partial charge in [0.25, 0.3) is 0 Å². The number of thiophene rings is 2. The van der Waals surface area contributed by atoms with Gasteiger partial charge in [-0.05, 0) is 17.5 Å². The summed E-state index contributed by atoms with van der Waals surface area (Å²) in [6, 6.07) is 4.12. The number of aromatic nitrogens is 1. The maximum Gasteiger partial charge on any atom is 0.376 e. The van der Waals surface area contributed by atoms with E-state index in [2.05, 4.69) is 16.4 Å². The first-order chi connectivity index (χ1) is 9.90. The third-order valence-corrected chi connectivity index (χ3v) is 5.14. The molecule has 0 N–H and O–H groups in total. The van der Waals surface area contributed by atoms with Crippen LogP contribution < -0.4 is 0 Å². The Hall–Kier alpha value is -1.66. The molecule has 6 heteroatoms. The molecular formula is C15H15NO3S2. The predicted octanol–water partition coefficient (Wildman–Crippen LogP) is 4.70. The van der Waals surface area contributed by atoms with E-state index in [9.17, 15) is 4.79 Å². The number of methoxy groups -OCH3 is 1. The molecule has 3 aromatic rings. The largest absolute Gasteiger partial charge is 0.463 e. The summed E-state index contributed by atoms with van der Waals surface area (Å²) in [6.07, 6.45) is 0. The molecule has 0 saturated carbocycles. The molecule has 3 aromatic heterocycles. The third kappa shape index (κ3) is 2.49. The predicted molar refractivity (Wildman–Crippen MR) is 85.2 cm³/mol. The van der Waals surface area contributed by atoms with Crippen LogP contribution in [0.2, 0.25) is 0 Å². The van der Waals surface area contributed by atoms with Crippen molar-refractivity contribution in [2.24, 2.45) is 0 Å². The summed E-state index contributed by atoms with van der Waals surface area (Å²) in [5, 5.41) is 2.06. The highest BCUT2D eigenvalue weighted by Gasteiger charge is 2.30. The molecule has 3 rings (SSSR count). The van der Waals surface area contributed by atoms with Crippen LogP contribution in [0.25, 0.3) is 20.2 Å². The van der Waals surface area contributed by atoms with E-state index in [0.717, 1.165) is 4.88 Å². The summed E-state index contributed by atoms with van der Waals surface area (Å²) < 4.78 is 12.9. The lowest BCUT2D eigenvalue weighted by molar-refractivity contribution is 0.0562. The van der Waals surface area contributed by atoms with Crippen LogP contribution >= 0.6 is 22.7 Å². The summed E-state index contributed by atoms with van der Waals surface area (Å²) in [5.41, 5.74) is 0.334. The average Bonchev–Trinajstić information content (AvgIpc) is 3.08. The van der Waals surface area contributed by atoms with Crippen LogP contribution in [-0.2, 0) is 10.2 Å². The van der Waals surface area contributed by atoms with Gasteiger partial charge >= 0.3 is 5.97 Å². The molecule has 0 aliphatic heterocycles. The quantitative estimate of drug-likeness (QED) is 0.642. The molecular weight excluding hydrogens is 306 g/mol. The van der Waals surface area contributed by atoms with Crippen LogP contribution in [0, 0.1) is 0 Å². The zero-order chi connectivity index (χ0) is 15.2. The average molecular weight is 321 g/mol. The molecule has 0 atom stereocenters. The second-order valence-corrected chi connectivity index (χ2v) is 7.73. The van der Waals surface area contributed by atoms with Crippen LogP contribution in [-0.4, -0.2) is 18.1 Å². The van der Waals surface area contributed by atoms with E-state index < -0.39 is 5.97 Å². The van der Waals surface area contributed by atoms with Crippen LogP contribution in [0.5, 0.6) is 0 Å². The van der Waals surface area contributed by atoms with Gasteiger partial charge in [-0.25, -0.2) is 9.78 Å². The Morgan fingerprint density at radius 1 is 1.33 bits per heavy atom. The number of carbonyl (C=O) groups is 1. The molecule has 0 aliphatic rings. The molecule has 0 saturated heterocycles. The van der Waals surface area contributed by atoms with E-state index in [0.29, 0.717) is 11.6 Å². The SMILES string of the molecule is COC(=O)c1oc(-c2cc3sccc3s2)nc1C(C)(C)C. The Morgan fingerprint density at radius 3 is 2.71 bits per heavy atom. The second kappa shape index (κ2) is 4.96. The van der Waals surface area contributed by atoms with E-state index in [-0.39, 0.29) is 11.2 Å². The Kier molecular flexibility index (Phi) is 3.37. The lowest BCUT2D eigenvalue weighted by Crippen LogP contribution is -2.17. The van der Waals surface area contributed by atoms with Gasteiger partial charge in [-0.2, -0.15) is 0 Å². The second-order valence-electron chi connectivity index (χ2n) is 5.70. The fourth-order valence-corrected chi connectivity index (χ4v) is 4.07. The number of carbonyl (C=O) groups excluding carboxylic acids is 1. The fourth-order valence-electron chi connectivity index (χ4n) is 2.04. The van der Waals surface area contributed by atoms with E-state index >= 15 is 0 Å². The molecule has 0 aliphatic carbocycles. The van der Waals surface area contributed by atoms with Crippen molar-refractivity contribution in [1.82, 2.24) is 4.98 Å². The Balaban J connectivity index is 2.13. The third-order valence-electron chi connectivity index (χ3n) is 3.06. The zero-order valence-corrected chi connectivity index (χ0v) is 13.9. The molecule has 110 valence electrons. The van der Waals surface area contributed by atoms with Crippen molar-refractivity contribution in [3.8, 4) is 10.8 Å². The highest BCUT2D eigenvalue weighted by atomic mass is 32.1. The van der Waals surface area contributed by atoms with E-state index in [1.807, 2.05) is 26.8 Å². The van der Waals surface area contributed by atoms with Gasteiger partial charge in [0.05, 0.1) is 12.0 Å². The van der Waals surface area contributed by atoms with Crippen molar-refractivity contribution in [2.45, 2.75) is 26.2 Å². The number of fused-ring (bicyclic) bond motifs is 1. The minimum Gasteiger partial charge on any atom is -0.463 e. The smallest absolute Gasteiger partial charge is 0.376 e. The van der Waals surface area contributed by atoms with Crippen molar-refractivity contribution >= 4 is 38.0 Å². The van der Waals surface area contributed by atoms with Crippen LogP contribution in [0.1, 0.15) is 37.0 Å². The summed E-state index contributed by atoms with van der Waals surface area (Å²) >= 11 is 3.29. The molecule has 0 amide bonds. The van der Waals surface area contributed by atoms with Crippen LogP contribution in [0.3, 0.4) is 0 Å². The Bertz CT molecular complexity index is 776. The lowest BCUT2D eigenvalue weighted by atomic mass is 9.91. The summed E-state index contributed by atoms with van der Waals surface area (Å²) in [4.78, 5) is 17.4. The topological polar surface area (TPSA) is 52.3 Å². The van der Waals surface area contributed by atoms with Crippen LogP contribution in [0.4, 0.5) is 0 Å². The normalized spacial score (nSPS) is 12.0. The lowest BCUT2D eigenvalue weighted by Gasteiger charge is -2.15. The molecule has 3 heterocycles. The van der Waals surface area contributed by atoms with Gasteiger partial charge in [0.2, 0.25) is 11.7 Å². The van der Waals surface area contributed by atoms with E-state index in [4.69, 9.17) is 9.15 Å². The van der Waals surface area contributed by atoms with Gasteiger partial charge in [0, 0.05) is 14.8 Å².